The van der Waals surface area contributed by atoms with Crippen molar-refractivity contribution in [2.24, 2.45) is 4.99 Å². The molecule has 0 unspecified atom stereocenters. The Morgan fingerprint density at radius 3 is 2.82 bits per heavy atom. The van der Waals surface area contributed by atoms with Crippen LogP contribution in [0.3, 0.4) is 0 Å². The summed E-state index contributed by atoms with van der Waals surface area (Å²) in [4.78, 5) is 16.4. The molecule has 0 saturated heterocycles. The predicted octanol–water partition coefficient (Wildman–Crippen LogP) is 2.88. The van der Waals surface area contributed by atoms with Gasteiger partial charge in [-0.15, -0.1) is 0 Å². The van der Waals surface area contributed by atoms with Gasteiger partial charge < -0.3 is 9.47 Å². The predicted molar refractivity (Wildman–Crippen MR) is 83.7 cm³/mol. The van der Waals surface area contributed by atoms with E-state index < -0.39 is 6.04 Å². The number of ether oxygens (including phenoxy) is 2. The van der Waals surface area contributed by atoms with Gasteiger partial charge >= 0.3 is 5.97 Å². The first-order valence-corrected chi connectivity index (χ1v) is 7.20. The minimum absolute atomic E-state index is 0.233. The van der Waals surface area contributed by atoms with Gasteiger partial charge in [0.25, 0.3) is 0 Å². The fourth-order valence-electron chi connectivity index (χ4n) is 2.26. The van der Waals surface area contributed by atoms with Gasteiger partial charge in [0.05, 0.1) is 0 Å². The molecular formula is C18H17NO3. The Balaban J connectivity index is 1.62. The molecular weight excluding hydrogens is 278 g/mol. The highest BCUT2D eigenvalue weighted by atomic mass is 16.5. The highest BCUT2D eigenvalue weighted by Crippen LogP contribution is 2.15. The van der Waals surface area contributed by atoms with Crippen LogP contribution in [0.1, 0.15) is 16.7 Å². The van der Waals surface area contributed by atoms with Crippen molar-refractivity contribution >= 4 is 11.9 Å². The van der Waals surface area contributed by atoms with E-state index in [2.05, 4.69) is 4.99 Å². The molecule has 0 bridgehead atoms. The van der Waals surface area contributed by atoms with Crippen LogP contribution in [0, 0.1) is 6.92 Å². The fraction of sp³-hybridized carbons (Fsp3) is 0.222. The topological polar surface area (TPSA) is 47.9 Å². The molecule has 0 amide bonds. The Labute approximate surface area is 129 Å². The molecule has 1 aliphatic rings. The monoisotopic (exact) mass is 295 g/mol. The number of nitrogens with zero attached hydrogens (tertiary/aromatic N) is 1. The Bertz CT molecular complexity index is 694. The number of aliphatic imine (C=N–C) groups is 1. The summed E-state index contributed by atoms with van der Waals surface area (Å²) in [6, 6.07) is 16.8. The number of rotatable bonds is 4. The van der Waals surface area contributed by atoms with Crippen LogP contribution in [-0.2, 0) is 20.9 Å². The standard InChI is InChI=1S/C18H17NO3/c1-13-6-5-9-15(10-13)17-19-16(12-21-17)18(20)22-11-14-7-3-2-4-8-14/h2-10,16H,11-12H2,1H3/t16-/m0/s1. The quantitative estimate of drug-likeness (QED) is 0.815. The average Bonchev–Trinajstić information content (AvgIpc) is 3.04. The van der Waals surface area contributed by atoms with Gasteiger partial charge in [-0.2, -0.15) is 0 Å². The van der Waals surface area contributed by atoms with Crippen molar-refractivity contribution in [3.8, 4) is 0 Å². The molecule has 4 nitrogen and oxygen atoms in total. The van der Waals surface area contributed by atoms with E-state index in [-0.39, 0.29) is 19.2 Å². The average molecular weight is 295 g/mol. The number of hydrogen-bond donors (Lipinski definition) is 0. The first kappa shape index (κ1) is 14.3. The van der Waals surface area contributed by atoms with Gasteiger partial charge in [0.2, 0.25) is 5.90 Å². The lowest BCUT2D eigenvalue weighted by molar-refractivity contribution is -0.146. The SMILES string of the molecule is Cc1cccc(C2=N[C@H](C(=O)OCc3ccccc3)CO2)c1. The van der Waals surface area contributed by atoms with Crippen LogP contribution in [0.25, 0.3) is 0 Å². The zero-order valence-corrected chi connectivity index (χ0v) is 12.4. The number of carbonyl (C=O) groups excluding carboxylic acids is 1. The molecule has 3 rings (SSSR count). The second kappa shape index (κ2) is 6.43. The van der Waals surface area contributed by atoms with E-state index in [1.807, 2.05) is 61.5 Å². The third-order valence-corrected chi connectivity index (χ3v) is 3.41. The molecule has 0 aliphatic carbocycles. The minimum Gasteiger partial charge on any atom is -0.475 e. The van der Waals surface area contributed by atoms with Gasteiger partial charge in [0.15, 0.2) is 6.04 Å². The van der Waals surface area contributed by atoms with E-state index in [9.17, 15) is 4.79 Å². The Hall–Kier alpha value is -2.62. The van der Waals surface area contributed by atoms with Crippen molar-refractivity contribution in [2.75, 3.05) is 6.61 Å². The molecule has 0 aromatic heterocycles. The van der Waals surface area contributed by atoms with E-state index in [4.69, 9.17) is 9.47 Å². The van der Waals surface area contributed by atoms with Crippen LogP contribution in [0.5, 0.6) is 0 Å². The smallest absolute Gasteiger partial charge is 0.334 e. The Morgan fingerprint density at radius 1 is 1.23 bits per heavy atom. The van der Waals surface area contributed by atoms with Crippen LogP contribution >= 0.6 is 0 Å². The lowest BCUT2D eigenvalue weighted by Crippen LogP contribution is -2.22. The minimum atomic E-state index is -0.584. The molecule has 0 spiro atoms. The van der Waals surface area contributed by atoms with Crippen molar-refractivity contribution in [3.05, 3.63) is 71.3 Å². The first-order chi connectivity index (χ1) is 10.7. The van der Waals surface area contributed by atoms with E-state index in [0.29, 0.717) is 5.90 Å². The molecule has 0 radical (unpaired) electrons. The second-order valence-corrected chi connectivity index (χ2v) is 5.22. The molecule has 1 aliphatic heterocycles. The van der Waals surface area contributed by atoms with Gasteiger partial charge in [-0.05, 0) is 24.6 Å². The summed E-state index contributed by atoms with van der Waals surface area (Å²) >= 11 is 0. The van der Waals surface area contributed by atoms with Crippen molar-refractivity contribution < 1.29 is 14.3 Å². The molecule has 2 aromatic carbocycles. The summed E-state index contributed by atoms with van der Waals surface area (Å²) in [6.07, 6.45) is 0. The third kappa shape index (κ3) is 3.34. The summed E-state index contributed by atoms with van der Waals surface area (Å²) in [5, 5.41) is 0. The summed E-state index contributed by atoms with van der Waals surface area (Å²) < 4.78 is 10.8. The van der Waals surface area contributed by atoms with Gasteiger partial charge in [-0.3, -0.25) is 0 Å². The van der Waals surface area contributed by atoms with Crippen molar-refractivity contribution in [1.82, 2.24) is 0 Å². The first-order valence-electron chi connectivity index (χ1n) is 7.20. The number of hydrogen-bond acceptors (Lipinski definition) is 4. The highest BCUT2D eigenvalue weighted by molar-refractivity contribution is 5.97. The van der Waals surface area contributed by atoms with Crippen LogP contribution in [-0.4, -0.2) is 24.5 Å². The van der Waals surface area contributed by atoms with Crippen molar-refractivity contribution in [3.63, 3.8) is 0 Å². The molecule has 4 heteroatoms. The van der Waals surface area contributed by atoms with E-state index in [0.717, 1.165) is 16.7 Å². The maximum atomic E-state index is 12.1. The molecule has 0 N–H and O–H groups in total. The zero-order chi connectivity index (χ0) is 15.4. The molecule has 0 saturated carbocycles. The fourth-order valence-corrected chi connectivity index (χ4v) is 2.26. The largest absolute Gasteiger partial charge is 0.475 e. The maximum absolute atomic E-state index is 12.1. The van der Waals surface area contributed by atoms with Crippen LogP contribution in [0.15, 0.2) is 59.6 Å². The molecule has 112 valence electrons. The second-order valence-electron chi connectivity index (χ2n) is 5.22. The Kier molecular flexibility index (Phi) is 4.19. The zero-order valence-electron chi connectivity index (χ0n) is 12.4. The molecule has 22 heavy (non-hydrogen) atoms. The van der Waals surface area contributed by atoms with Gasteiger partial charge in [-0.1, -0.05) is 48.0 Å². The number of benzene rings is 2. The summed E-state index contributed by atoms with van der Waals surface area (Å²) in [5.41, 5.74) is 2.97. The van der Waals surface area contributed by atoms with Crippen molar-refractivity contribution in [1.29, 1.82) is 0 Å². The lowest BCUT2D eigenvalue weighted by atomic mass is 10.1. The van der Waals surface area contributed by atoms with Crippen molar-refractivity contribution in [2.45, 2.75) is 19.6 Å². The summed E-state index contributed by atoms with van der Waals surface area (Å²) in [6.45, 7) is 2.49. The van der Waals surface area contributed by atoms with E-state index in [1.165, 1.54) is 0 Å². The number of carbonyl (C=O) groups is 1. The van der Waals surface area contributed by atoms with E-state index >= 15 is 0 Å². The molecule has 1 atom stereocenters. The van der Waals surface area contributed by atoms with Crippen LogP contribution in [0.4, 0.5) is 0 Å². The number of aryl methyl sites for hydroxylation is 1. The third-order valence-electron chi connectivity index (χ3n) is 3.41. The highest BCUT2D eigenvalue weighted by Gasteiger charge is 2.27. The number of esters is 1. The normalized spacial score (nSPS) is 16.8. The summed E-state index contributed by atoms with van der Waals surface area (Å²) in [5.74, 6) is 0.150. The maximum Gasteiger partial charge on any atom is 0.334 e. The lowest BCUT2D eigenvalue weighted by Gasteiger charge is -2.06. The molecule has 1 heterocycles. The van der Waals surface area contributed by atoms with Gasteiger partial charge in [-0.25, -0.2) is 9.79 Å². The van der Waals surface area contributed by atoms with Crippen LogP contribution in [0.2, 0.25) is 0 Å². The molecule has 2 aromatic rings. The van der Waals surface area contributed by atoms with E-state index in [1.54, 1.807) is 0 Å². The summed E-state index contributed by atoms with van der Waals surface area (Å²) in [7, 11) is 0. The van der Waals surface area contributed by atoms with Gasteiger partial charge in [0.1, 0.15) is 13.2 Å². The van der Waals surface area contributed by atoms with Crippen LogP contribution < -0.4 is 0 Å². The molecule has 0 fully saturated rings. The Morgan fingerprint density at radius 2 is 2.05 bits per heavy atom. The van der Waals surface area contributed by atoms with Gasteiger partial charge in [0, 0.05) is 5.56 Å².